The molecule has 0 fully saturated rings. The number of hydrazone groups is 1. The first kappa shape index (κ1) is 16.0. The predicted molar refractivity (Wildman–Crippen MR) is 94.8 cm³/mol. The highest BCUT2D eigenvalue weighted by molar-refractivity contribution is 6.00. The van der Waals surface area contributed by atoms with Gasteiger partial charge in [-0.3, -0.25) is 4.99 Å². The van der Waals surface area contributed by atoms with Crippen LogP contribution in [-0.4, -0.2) is 18.7 Å². The van der Waals surface area contributed by atoms with Gasteiger partial charge in [-0.05, 0) is 47.2 Å². The number of nitrogens with one attached hydrogen (secondary N) is 1. The molecule has 1 aliphatic rings. The number of nitrogens with zero attached hydrogens (tertiary/aromatic N) is 2. The minimum atomic E-state index is 0. The van der Waals surface area contributed by atoms with Crippen LogP contribution in [0.25, 0.3) is 11.1 Å². The van der Waals surface area contributed by atoms with E-state index in [-0.39, 0.29) is 12.4 Å². The highest BCUT2D eigenvalue weighted by Gasteiger charge is 2.18. The summed E-state index contributed by atoms with van der Waals surface area (Å²) in [6.07, 6.45) is 0.985. The molecule has 3 rings (SSSR count). The summed E-state index contributed by atoms with van der Waals surface area (Å²) < 4.78 is 0. The number of hydrogen-bond acceptors (Lipinski definition) is 2. The van der Waals surface area contributed by atoms with Crippen molar-refractivity contribution in [2.75, 3.05) is 7.05 Å². The number of halogens is 1. The van der Waals surface area contributed by atoms with E-state index in [9.17, 15) is 0 Å². The molecule has 0 spiro atoms. The van der Waals surface area contributed by atoms with Crippen LogP contribution in [0.3, 0.4) is 0 Å². The van der Waals surface area contributed by atoms with Crippen molar-refractivity contribution in [1.82, 2.24) is 5.43 Å². The topological polar surface area (TPSA) is 62.8 Å². The van der Waals surface area contributed by atoms with E-state index in [2.05, 4.69) is 58.0 Å². The first-order valence-electron chi connectivity index (χ1n) is 6.93. The van der Waals surface area contributed by atoms with E-state index >= 15 is 0 Å². The van der Waals surface area contributed by atoms with Crippen LogP contribution in [0.4, 0.5) is 0 Å². The van der Waals surface area contributed by atoms with Gasteiger partial charge in [0.1, 0.15) is 0 Å². The Hall–Kier alpha value is -2.33. The van der Waals surface area contributed by atoms with Crippen LogP contribution in [0.2, 0.25) is 0 Å². The summed E-state index contributed by atoms with van der Waals surface area (Å²) in [6.45, 7) is 1.96. The van der Waals surface area contributed by atoms with Gasteiger partial charge in [0.15, 0.2) is 0 Å². The second-order valence-corrected chi connectivity index (χ2v) is 5.12. The molecule has 4 nitrogen and oxygen atoms in total. The number of fused-ring (bicyclic) bond motifs is 3. The molecule has 0 aromatic heterocycles. The molecule has 0 unspecified atom stereocenters. The molecule has 0 amide bonds. The molecule has 0 bridgehead atoms. The van der Waals surface area contributed by atoms with Crippen molar-refractivity contribution in [1.29, 1.82) is 0 Å². The zero-order valence-electron chi connectivity index (χ0n) is 12.6. The molecule has 22 heavy (non-hydrogen) atoms. The smallest absolute Gasteiger partial charge is 0.209 e. The standard InChI is InChI=1S/C17H18N4.ClH/c1-11(20-21-17(18)19-2)12-7-8-16-14(9-12)10-13-5-3-4-6-15(13)16;/h3-9H,10H2,1-2H3,(H3,18,19,21);1H/b20-11+;. The number of rotatable bonds is 2. The average molecular weight is 315 g/mol. The fraction of sp³-hybridized carbons (Fsp3) is 0.176. The Kier molecular flexibility index (Phi) is 4.83. The third-order valence-electron chi connectivity index (χ3n) is 3.79. The molecule has 2 aromatic rings. The van der Waals surface area contributed by atoms with Crippen LogP contribution in [0.1, 0.15) is 23.6 Å². The summed E-state index contributed by atoms with van der Waals surface area (Å²) in [5.74, 6) is 0.308. The fourth-order valence-electron chi connectivity index (χ4n) is 2.63. The van der Waals surface area contributed by atoms with Crippen molar-refractivity contribution in [2.45, 2.75) is 13.3 Å². The first-order chi connectivity index (χ1) is 10.2. The molecule has 1 aliphatic carbocycles. The zero-order valence-corrected chi connectivity index (χ0v) is 13.4. The molecule has 5 heteroatoms. The quantitative estimate of drug-likeness (QED) is 0.434. The number of aliphatic imine (C=N–C) groups is 1. The Labute approximate surface area is 136 Å². The summed E-state index contributed by atoms with van der Waals surface area (Å²) in [6, 6.07) is 15.0. The van der Waals surface area contributed by atoms with Gasteiger partial charge >= 0.3 is 0 Å². The van der Waals surface area contributed by atoms with Crippen LogP contribution in [0, 0.1) is 0 Å². The Morgan fingerprint density at radius 3 is 2.59 bits per heavy atom. The van der Waals surface area contributed by atoms with E-state index < -0.39 is 0 Å². The molecular weight excluding hydrogens is 296 g/mol. The third kappa shape index (κ3) is 2.97. The van der Waals surface area contributed by atoms with Gasteiger partial charge in [0, 0.05) is 7.05 Å². The second-order valence-electron chi connectivity index (χ2n) is 5.12. The van der Waals surface area contributed by atoms with Gasteiger partial charge in [0.05, 0.1) is 5.71 Å². The van der Waals surface area contributed by atoms with Crippen molar-refractivity contribution in [2.24, 2.45) is 15.8 Å². The number of guanidine groups is 1. The van der Waals surface area contributed by atoms with Crippen LogP contribution in [-0.2, 0) is 6.42 Å². The monoisotopic (exact) mass is 314 g/mol. The van der Waals surface area contributed by atoms with Gasteiger partial charge in [0.2, 0.25) is 5.96 Å². The molecule has 0 radical (unpaired) electrons. The maximum Gasteiger partial charge on any atom is 0.209 e. The first-order valence-corrected chi connectivity index (χ1v) is 6.93. The molecular formula is C17H19ClN4. The Bertz CT molecular complexity index is 750. The lowest BCUT2D eigenvalue weighted by atomic mass is 10.0. The molecule has 0 saturated heterocycles. The normalized spacial score (nSPS) is 13.2. The van der Waals surface area contributed by atoms with Crippen molar-refractivity contribution >= 4 is 24.1 Å². The van der Waals surface area contributed by atoms with Gasteiger partial charge in [0.25, 0.3) is 0 Å². The highest BCUT2D eigenvalue weighted by atomic mass is 35.5. The number of benzene rings is 2. The van der Waals surface area contributed by atoms with E-state index in [1.165, 1.54) is 22.3 Å². The van der Waals surface area contributed by atoms with E-state index in [4.69, 9.17) is 5.73 Å². The molecule has 0 aliphatic heterocycles. The Morgan fingerprint density at radius 2 is 1.82 bits per heavy atom. The SMILES string of the molecule is CN=C(N)N/N=C(\C)c1ccc2c(c1)Cc1ccccc1-2.Cl. The third-order valence-corrected chi connectivity index (χ3v) is 3.79. The summed E-state index contributed by atoms with van der Waals surface area (Å²) in [7, 11) is 1.62. The van der Waals surface area contributed by atoms with Crippen molar-refractivity contribution < 1.29 is 0 Å². The summed E-state index contributed by atoms with van der Waals surface area (Å²) in [4.78, 5) is 3.82. The van der Waals surface area contributed by atoms with Gasteiger partial charge in [-0.1, -0.05) is 36.4 Å². The zero-order chi connectivity index (χ0) is 14.8. The van der Waals surface area contributed by atoms with Gasteiger partial charge < -0.3 is 5.73 Å². The maximum absolute atomic E-state index is 5.58. The lowest BCUT2D eigenvalue weighted by molar-refractivity contribution is 0.997. The molecule has 0 saturated carbocycles. The van der Waals surface area contributed by atoms with Crippen LogP contribution in [0.5, 0.6) is 0 Å². The van der Waals surface area contributed by atoms with E-state index in [1.807, 2.05) is 6.92 Å². The fourth-order valence-corrected chi connectivity index (χ4v) is 2.63. The van der Waals surface area contributed by atoms with Crippen molar-refractivity contribution in [3.8, 4) is 11.1 Å². The minimum Gasteiger partial charge on any atom is -0.369 e. The van der Waals surface area contributed by atoms with Crippen molar-refractivity contribution in [3.05, 3.63) is 59.2 Å². The van der Waals surface area contributed by atoms with E-state index in [0.717, 1.165) is 17.7 Å². The largest absolute Gasteiger partial charge is 0.369 e. The minimum absolute atomic E-state index is 0. The molecule has 2 aromatic carbocycles. The average Bonchev–Trinajstić information content (AvgIpc) is 2.89. The van der Waals surface area contributed by atoms with E-state index in [1.54, 1.807) is 7.05 Å². The maximum atomic E-state index is 5.58. The number of nitrogens with two attached hydrogens (primary N) is 1. The van der Waals surface area contributed by atoms with Crippen LogP contribution < -0.4 is 11.2 Å². The Morgan fingerprint density at radius 1 is 1.09 bits per heavy atom. The van der Waals surface area contributed by atoms with Gasteiger partial charge in [-0.2, -0.15) is 5.10 Å². The van der Waals surface area contributed by atoms with E-state index in [0.29, 0.717) is 5.96 Å². The lowest BCUT2D eigenvalue weighted by Crippen LogP contribution is -2.27. The molecule has 114 valence electrons. The summed E-state index contributed by atoms with van der Waals surface area (Å²) >= 11 is 0. The highest BCUT2D eigenvalue weighted by Crippen LogP contribution is 2.36. The number of hydrogen-bond donors (Lipinski definition) is 2. The van der Waals surface area contributed by atoms with Gasteiger partial charge in [-0.15, -0.1) is 12.4 Å². The van der Waals surface area contributed by atoms with Crippen LogP contribution in [0.15, 0.2) is 52.6 Å². The van der Waals surface area contributed by atoms with Crippen molar-refractivity contribution in [3.63, 3.8) is 0 Å². The molecule has 0 heterocycles. The molecule has 0 atom stereocenters. The van der Waals surface area contributed by atoms with Crippen LogP contribution >= 0.6 is 12.4 Å². The molecule has 3 N–H and O–H groups in total. The summed E-state index contributed by atoms with van der Waals surface area (Å²) in [5.41, 5.74) is 15.7. The predicted octanol–water partition coefficient (Wildman–Crippen LogP) is 2.94. The Balaban J connectivity index is 0.00000176. The summed E-state index contributed by atoms with van der Waals surface area (Å²) in [5, 5.41) is 4.25. The second kappa shape index (κ2) is 6.62. The lowest BCUT2D eigenvalue weighted by Gasteiger charge is -2.06. The van der Waals surface area contributed by atoms with Gasteiger partial charge in [-0.25, -0.2) is 5.43 Å².